The number of nitrogens with zero attached hydrogens (tertiary/aromatic N) is 1. The van der Waals surface area contributed by atoms with Crippen LogP contribution in [0.1, 0.15) is 36.0 Å². The van der Waals surface area contributed by atoms with Crippen LogP contribution in [0.25, 0.3) is 32.6 Å². The van der Waals surface area contributed by atoms with Crippen LogP contribution in [0, 0.1) is 13.8 Å². The molecule has 35 heavy (non-hydrogen) atoms. The monoisotopic (exact) mass is 466 g/mol. The molecule has 5 aromatic rings. The third-order valence-electron chi connectivity index (χ3n) is 6.39. The van der Waals surface area contributed by atoms with Crippen molar-refractivity contribution in [3.63, 3.8) is 0 Å². The molecule has 0 atom stereocenters. The van der Waals surface area contributed by atoms with Crippen molar-refractivity contribution >= 4 is 44.5 Å². The fourth-order valence-corrected chi connectivity index (χ4v) is 4.56. The van der Waals surface area contributed by atoms with E-state index in [1.807, 2.05) is 60.9 Å². The second-order valence-corrected chi connectivity index (χ2v) is 8.73. The first-order valence-corrected chi connectivity index (χ1v) is 11.7. The van der Waals surface area contributed by atoms with E-state index in [1.54, 1.807) is 6.07 Å². The number of aromatic nitrogens is 2. The number of fused-ring (bicyclic) bond motifs is 4. The third-order valence-corrected chi connectivity index (χ3v) is 6.39. The molecule has 0 bridgehead atoms. The Kier molecular flexibility index (Phi) is 6.19. The summed E-state index contributed by atoms with van der Waals surface area (Å²) in [7, 11) is 0. The number of hydrogen-bond donors (Lipinski definition) is 1. The van der Waals surface area contributed by atoms with E-state index >= 15 is 0 Å². The summed E-state index contributed by atoms with van der Waals surface area (Å²) < 4.78 is 10.9. The number of aromatic amines is 1. The van der Waals surface area contributed by atoms with Gasteiger partial charge in [0.25, 0.3) is 0 Å². The van der Waals surface area contributed by atoms with Crippen LogP contribution in [0.15, 0.2) is 67.0 Å². The normalized spacial score (nSPS) is 11.3. The molecule has 2 heterocycles. The Bertz CT molecular complexity index is 1550. The predicted molar refractivity (Wildman–Crippen MR) is 136 cm³/mol. The molecule has 6 heteroatoms. The molecule has 176 valence electrons. The summed E-state index contributed by atoms with van der Waals surface area (Å²) >= 11 is 0. The summed E-state index contributed by atoms with van der Waals surface area (Å²) in [5, 5.41) is 4.39. The van der Waals surface area contributed by atoms with Crippen LogP contribution >= 0.6 is 0 Å². The van der Waals surface area contributed by atoms with Gasteiger partial charge in [-0.3, -0.25) is 14.6 Å². The Balaban J connectivity index is 1.26. The Morgan fingerprint density at radius 3 is 2.51 bits per heavy atom. The highest BCUT2D eigenvalue weighted by atomic mass is 16.5. The molecule has 2 aromatic heterocycles. The summed E-state index contributed by atoms with van der Waals surface area (Å²) in [5.41, 5.74) is 5.29. The molecule has 0 saturated carbocycles. The molecule has 0 aliphatic carbocycles. The summed E-state index contributed by atoms with van der Waals surface area (Å²) in [5.74, 6) is -0.213. The zero-order chi connectivity index (χ0) is 24.4. The lowest BCUT2D eigenvalue weighted by atomic mass is 9.97. The molecule has 5 rings (SSSR count). The van der Waals surface area contributed by atoms with Crippen LogP contribution in [0.2, 0.25) is 0 Å². The van der Waals surface area contributed by atoms with E-state index in [9.17, 15) is 9.59 Å². The van der Waals surface area contributed by atoms with Gasteiger partial charge in [-0.15, -0.1) is 0 Å². The number of H-pyrrole nitrogens is 1. The first-order valence-electron chi connectivity index (χ1n) is 11.7. The molecule has 0 fully saturated rings. The van der Waals surface area contributed by atoms with E-state index in [-0.39, 0.29) is 31.4 Å². The molecule has 0 unspecified atom stereocenters. The van der Waals surface area contributed by atoms with Gasteiger partial charge in [-0.25, -0.2) is 0 Å². The molecule has 0 saturated heterocycles. The summed E-state index contributed by atoms with van der Waals surface area (Å²) in [6, 6.07) is 17.2. The van der Waals surface area contributed by atoms with Crippen molar-refractivity contribution in [2.45, 2.75) is 39.7 Å². The first-order chi connectivity index (χ1) is 17.0. The zero-order valence-electron chi connectivity index (χ0n) is 19.8. The lowest BCUT2D eigenvalue weighted by Crippen LogP contribution is -2.10. The van der Waals surface area contributed by atoms with Crippen LogP contribution in [0.3, 0.4) is 0 Å². The van der Waals surface area contributed by atoms with E-state index in [0.717, 1.165) is 43.9 Å². The van der Waals surface area contributed by atoms with Crippen LogP contribution in [-0.4, -0.2) is 21.9 Å². The Hall–Kier alpha value is -4.19. The molecule has 0 aliphatic heterocycles. The van der Waals surface area contributed by atoms with Gasteiger partial charge in [0, 0.05) is 46.9 Å². The van der Waals surface area contributed by atoms with E-state index in [4.69, 9.17) is 9.47 Å². The van der Waals surface area contributed by atoms with E-state index in [1.165, 1.54) is 5.39 Å². The minimum Gasteiger partial charge on any atom is -0.461 e. The maximum absolute atomic E-state index is 12.4. The predicted octanol–water partition coefficient (Wildman–Crippen LogP) is 6.31. The minimum atomic E-state index is -0.373. The Labute approximate surface area is 202 Å². The number of benzene rings is 3. The molecule has 0 aliphatic rings. The van der Waals surface area contributed by atoms with Gasteiger partial charge in [0.1, 0.15) is 12.4 Å². The molecule has 6 nitrogen and oxygen atoms in total. The standard InChI is InChI=1S/C29H26N2O4/c1-18-24-16-30-14-13-22(24)19(2)29-28(18)23-15-21(11-12-25(23)31-29)35-27(33)10-6-9-26(32)34-17-20-7-4-3-5-8-20/h3-5,7-8,11-16,31H,6,9-10,17H2,1-2H3. The molecule has 0 spiro atoms. The second kappa shape index (κ2) is 9.58. The quantitative estimate of drug-likeness (QED) is 0.225. The summed E-state index contributed by atoms with van der Waals surface area (Å²) in [6.07, 6.45) is 4.39. The number of rotatable bonds is 7. The number of hydrogen-bond acceptors (Lipinski definition) is 5. The van der Waals surface area contributed by atoms with Gasteiger partial charge in [-0.2, -0.15) is 0 Å². The number of pyridine rings is 1. The minimum absolute atomic E-state index is 0.140. The average Bonchev–Trinajstić information content (AvgIpc) is 3.26. The maximum atomic E-state index is 12.4. The van der Waals surface area contributed by atoms with E-state index in [2.05, 4.69) is 23.8 Å². The lowest BCUT2D eigenvalue weighted by Gasteiger charge is -2.08. The van der Waals surface area contributed by atoms with Crippen LogP contribution in [0.4, 0.5) is 0 Å². The zero-order valence-corrected chi connectivity index (χ0v) is 19.8. The molecule has 3 aromatic carbocycles. The van der Waals surface area contributed by atoms with Gasteiger partial charge in [-0.1, -0.05) is 30.3 Å². The van der Waals surface area contributed by atoms with Gasteiger partial charge >= 0.3 is 11.9 Å². The summed E-state index contributed by atoms with van der Waals surface area (Å²) in [6.45, 7) is 4.43. The molecular formula is C29H26N2O4. The topological polar surface area (TPSA) is 81.3 Å². The number of carbonyl (C=O) groups excluding carboxylic acids is 2. The highest BCUT2D eigenvalue weighted by molar-refractivity contribution is 6.16. The number of aryl methyl sites for hydroxylation is 2. The smallest absolute Gasteiger partial charge is 0.311 e. The van der Waals surface area contributed by atoms with E-state index < -0.39 is 0 Å². The van der Waals surface area contributed by atoms with Crippen LogP contribution < -0.4 is 4.74 Å². The third kappa shape index (κ3) is 4.60. The van der Waals surface area contributed by atoms with Crippen molar-refractivity contribution in [1.29, 1.82) is 0 Å². The molecule has 0 amide bonds. The second-order valence-electron chi connectivity index (χ2n) is 8.73. The number of ether oxygens (including phenoxy) is 2. The molecular weight excluding hydrogens is 440 g/mol. The number of nitrogens with one attached hydrogen (secondary N) is 1. The molecule has 0 radical (unpaired) electrons. The molecule has 1 N–H and O–H groups in total. The number of carbonyl (C=O) groups is 2. The van der Waals surface area contributed by atoms with Crippen molar-refractivity contribution in [3.05, 3.63) is 83.7 Å². The SMILES string of the molecule is Cc1c2ccncc2c(C)c2c1[nH]c1ccc(OC(=O)CCCC(=O)OCc3ccccc3)cc12. The van der Waals surface area contributed by atoms with Gasteiger partial charge in [0.2, 0.25) is 0 Å². The fraction of sp³-hybridized carbons (Fsp3) is 0.207. The van der Waals surface area contributed by atoms with Crippen molar-refractivity contribution in [3.8, 4) is 5.75 Å². The van der Waals surface area contributed by atoms with E-state index in [0.29, 0.717) is 12.2 Å². The largest absolute Gasteiger partial charge is 0.461 e. The van der Waals surface area contributed by atoms with Crippen LogP contribution in [0.5, 0.6) is 5.75 Å². The Morgan fingerprint density at radius 1 is 0.886 bits per heavy atom. The van der Waals surface area contributed by atoms with Gasteiger partial charge in [0.05, 0.1) is 5.52 Å². The highest BCUT2D eigenvalue weighted by Crippen LogP contribution is 2.37. The van der Waals surface area contributed by atoms with Crippen molar-refractivity contribution in [2.24, 2.45) is 0 Å². The lowest BCUT2D eigenvalue weighted by molar-refractivity contribution is -0.145. The van der Waals surface area contributed by atoms with Crippen molar-refractivity contribution < 1.29 is 19.1 Å². The Morgan fingerprint density at radius 2 is 1.69 bits per heavy atom. The fourth-order valence-electron chi connectivity index (χ4n) is 4.56. The van der Waals surface area contributed by atoms with Crippen molar-refractivity contribution in [2.75, 3.05) is 0 Å². The van der Waals surface area contributed by atoms with Crippen LogP contribution in [-0.2, 0) is 20.9 Å². The number of esters is 2. The maximum Gasteiger partial charge on any atom is 0.311 e. The first kappa shape index (κ1) is 22.6. The van der Waals surface area contributed by atoms with Gasteiger partial charge < -0.3 is 14.5 Å². The van der Waals surface area contributed by atoms with Gasteiger partial charge in [-0.05, 0) is 66.6 Å². The average molecular weight is 467 g/mol. The highest BCUT2D eigenvalue weighted by Gasteiger charge is 2.15. The van der Waals surface area contributed by atoms with Crippen molar-refractivity contribution in [1.82, 2.24) is 9.97 Å². The summed E-state index contributed by atoms with van der Waals surface area (Å²) in [4.78, 5) is 32.2. The van der Waals surface area contributed by atoms with Gasteiger partial charge in [0.15, 0.2) is 0 Å².